The number of aryl methyl sites for hydroxylation is 1. The second kappa shape index (κ2) is 4.00. The lowest BCUT2D eigenvalue weighted by Gasteiger charge is -2.05. The average Bonchev–Trinajstić information content (AvgIpc) is 2.42. The highest BCUT2D eigenvalue weighted by Crippen LogP contribution is 2.26. The number of rotatable bonds is 2. The predicted molar refractivity (Wildman–Crippen MR) is 69.2 cm³/mol. The van der Waals surface area contributed by atoms with Crippen LogP contribution in [-0.2, 0) is 7.05 Å². The molecule has 0 aliphatic heterocycles. The molecule has 3 nitrogen and oxygen atoms in total. The summed E-state index contributed by atoms with van der Waals surface area (Å²) in [7, 11) is 1.93. The molecule has 1 aromatic carbocycles. The lowest BCUT2D eigenvalue weighted by Crippen LogP contribution is -2.06. The van der Waals surface area contributed by atoms with Gasteiger partial charge in [-0.3, -0.25) is 4.68 Å². The molecule has 0 fully saturated rings. The van der Waals surface area contributed by atoms with Crippen molar-refractivity contribution in [3.63, 3.8) is 0 Å². The van der Waals surface area contributed by atoms with Gasteiger partial charge in [-0.05, 0) is 54.6 Å². The Balaban J connectivity index is 2.59. The molecule has 0 aliphatic rings. The van der Waals surface area contributed by atoms with Crippen LogP contribution in [0, 0.1) is 3.57 Å². The zero-order chi connectivity index (χ0) is 11.0. The highest BCUT2D eigenvalue weighted by atomic mass is 127. The summed E-state index contributed by atoms with van der Waals surface area (Å²) < 4.78 is 8.71. The monoisotopic (exact) mass is 316 g/mol. The molecule has 80 valence electrons. The highest BCUT2D eigenvalue weighted by Gasteiger charge is 2.10. The van der Waals surface area contributed by atoms with Crippen molar-refractivity contribution in [2.45, 2.75) is 20.0 Å². The van der Waals surface area contributed by atoms with Crippen molar-refractivity contribution in [2.75, 3.05) is 0 Å². The van der Waals surface area contributed by atoms with Crippen molar-refractivity contribution in [1.82, 2.24) is 9.78 Å². The van der Waals surface area contributed by atoms with Crippen LogP contribution < -0.4 is 4.74 Å². The molecule has 0 spiro atoms. The van der Waals surface area contributed by atoms with Gasteiger partial charge >= 0.3 is 0 Å². The molecule has 0 saturated carbocycles. The number of halogens is 1. The Bertz CT molecular complexity index is 491. The Hall–Kier alpha value is -0.780. The number of fused-ring (bicyclic) bond motifs is 1. The summed E-state index contributed by atoms with van der Waals surface area (Å²) in [4.78, 5) is 0. The number of aromatic nitrogens is 2. The molecule has 0 amide bonds. The maximum atomic E-state index is 5.67. The molecule has 4 heteroatoms. The van der Waals surface area contributed by atoms with Gasteiger partial charge < -0.3 is 4.74 Å². The molecule has 2 aromatic rings. The molecule has 1 heterocycles. The number of hydrogen-bond acceptors (Lipinski definition) is 2. The minimum atomic E-state index is 0.154. The largest absolute Gasteiger partial charge is 0.473 e. The van der Waals surface area contributed by atoms with Gasteiger partial charge in [0.05, 0.1) is 17.0 Å². The van der Waals surface area contributed by atoms with Crippen LogP contribution in [0.15, 0.2) is 18.2 Å². The van der Waals surface area contributed by atoms with E-state index in [-0.39, 0.29) is 6.10 Å². The van der Waals surface area contributed by atoms with Crippen LogP contribution in [0.1, 0.15) is 13.8 Å². The van der Waals surface area contributed by atoms with Crippen LogP contribution in [0.5, 0.6) is 5.88 Å². The van der Waals surface area contributed by atoms with E-state index in [0.717, 1.165) is 16.8 Å². The number of nitrogens with zero attached hydrogens (tertiary/aromatic N) is 2. The zero-order valence-corrected chi connectivity index (χ0v) is 11.1. The van der Waals surface area contributed by atoms with Crippen molar-refractivity contribution in [1.29, 1.82) is 0 Å². The number of benzene rings is 1. The summed E-state index contributed by atoms with van der Waals surface area (Å²) >= 11 is 2.29. The summed E-state index contributed by atoms with van der Waals surface area (Å²) in [6.07, 6.45) is 0.154. The lowest BCUT2D eigenvalue weighted by atomic mass is 10.2. The summed E-state index contributed by atoms with van der Waals surface area (Å²) in [6.45, 7) is 4.02. The van der Waals surface area contributed by atoms with E-state index in [1.54, 1.807) is 0 Å². The first-order valence-corrected chi connectivity index (χ1v) is 5.94. The van der Waals surface area contributed by atoms with E-state index >= 15 is 0 Å². The lowest BCUT2D eigenvalue weighted by molar-refractivity contribution is 0.233. The molecular weight excluding hydrogens is 303 g/mol. The minimum absolute atomic E-state index is 0.154. The molecule has 0 unspecified atom stereocenters. The number of hydrogen-bond donors (Lipinski definition) is 0. The fraction of sp³-hybridized carbons (Fsp3) is 0.364. The Morgan fingerprint density at radius 2 is 2.13 bits per heavy atom. The van der Waals surface area contributed by atoms with Crippen molar-refractivity contribution >= 4 is 33.5 Å². The maximum Gasteiger partial charge on any atom is 0.241 e. The topological polar surface area (TPSA) is 27.1 Å². The second-order valence-corrected chi connectivity index (χ2v) is 5.00. The predicted octanol–water partition coefficient (Wildman–Crippen LogP) is 2.97. The Morgan fingerprint density at radius 1 is 1.40 bits per heavy atom. The van der Waals surface area contributed by atoms with Gasteiger partial charge in [0.25, 0.3) is 0 Å². The molecule has 0 saturated heterocycles. The van der Waals surface area contributed by atoms with Gasteiger partial charge in [-0.2, -0.15) is 0 Å². The number of ether oxygens (including phenoxy) is 1. The van der Waals surface area contributed by atoms with E-state index in [0.29, 0.717) is 0 Å². The van der Waals surface area contributed by atoms with Gasteiger partial charge in [-0.25, -0.2) is 0 Å². The highest BCUT2D eigenvalue weighted by molar-refractivity contribution is 14.1. The van der Waals surface area contributed by atoms with Crippen molar-refractivity contribution in [3.8, 4) is 5.88 Å². The smallest absolute Gasteiger partial charge is 0.241 e. The van der Waals surface area contributed by atoms with Gasteiger partial charge in [-0.1, -0.05) is 0 Å². The van der Waals surface area contributed by atoms with Crippen molar-refractivity contribution in [2.24, 2.45) is 7.05 Å². The third-order valence-electron chi connectivity index (χ3n) is 2.13. The van der Waals surface area contributed by atoms with Gasteiger partial charge in [0.1, 0.15) is 0 Å². The SMILES string of the molecule is CC(C)Oc1nn(C)c2ccc(I)cc12. The van der Waals surface area contributed by atoms with E-state index in [9.17, 15) is 0 Å². The molecule has 15 heavy (non-hydrogen) atoms. The van der Waals surface area contributed by atoms with E-state index in [1.165, 1.54) is 3.57 Å². The maximum absolute atomic E-state index is 5.67. The van der Waals surface area contributed by atoms with Gasteiger partial charge in [0.2, 0.25) is 5.88 Å². The van der Waals surface area contributed by atoms with Crippen LogP contribution >= 0.6 is 22.6 Å². The summed E-state index contributed by atoms with van der Waals surface area (Å²) in [5.74, 6) is 0.723. The molecule has 1 aromatic heterocycles. The first kappa shape index (κ1) is 10.7. The van der Waals surface area contributed by atoms with Crippen LogP contribution in [0.3, 0.4) is 0 Å². The summed E-state index contributed by atoms with van der Waals surface area (Å²) in [5, 5.41) is 5.44. The first-order chi connectivity index (χ1) is 7.08. The first-order valence-electron chi connectivity index (χ1n) is 4.87. The fourth-order valence-corrected chi connectivity index (χ4v) is 2.01. The Labute approximate surface area is 103 Å². The van der Waals surface area contributed by atoms with E-state index < -0.39 is 0 Å². The third kappa shape index (κ3) is 2.09. The van der Waals surface area contributed by atoms with E-state index in [1.807, 2.05) is 25.6 Å². The van der Waals surface area contributed by atoms with Gasteiger partial charge in [0, 0.05) is 10.6 Å². The quantitative estimate of drug-likeness (QED) is 0.797. The molecule has 0 N–H and O–H groups in total. The standard InChI is InChI=1S/C11H13IN2O/c1-7(2)15-11-9-6-8(12)4-5-10(9)14(3)13-11/h4-7H,1-3H3. The van der Waals surface area contributed by atoms with Crippen LogP contribution in [0.4, 0.5) is 0 Å². The fourth-order valence-electron chi connectivity index (χ4n) is 1.52. The molecule has 2 rings (SSSR count). The third-order valence-corrected chi connectivity index (χ3v) is 2.80. The van der Waals surface area contributed by atoms with Crippen LogP contribution in [-0.4, -0.2) is 15.9 Å². The molecule has 0 aliphatic carbocycles. The van der Waals surface area contributed by atoms with Crippen molar-refractivity contribution in [3.05, 3.63) is 21.8 Å². The molecule has 0 atom stereocenters. The van der Waals surface area contributed by atoms with Crippen LogP contribution in [0.2, 0.25) is 0 Å². The zero-order valence-electron chi connectivity index (χ0n) is 8.99. The Morgan fingerprint density at radius 3 is 2.80 bits per heavy atom. The average molecular weight is 316 g/mol. The van der Waals surface area contributed by atoms with Crippen LogP contribution in [0.25, 0.3) is 10.9 Å². The van der Waals surface area contributed by atoms with E-state index in [4.69, 9.17) is 4.74 Å². The van der Waals surface area contributed by atoms with Gasteiger partial charge in [-0.15, -0.1) is 5.10 Å². The normalized spacial score (nSPS) is 11.3. The molecule has 0 bridgehead atoms. The second-order valence-electron chi connectivity index (χ2n) is 3.76. The van der Waals surface area contributed by atoms with Crippen molar-refractivity contribution < 1.29 is 4.74 Å². The molecular formula is C11H13IN2O. The minimum Gasteiger partial charge on any atom is -0.473 e. The van der Waals surface area contributed by atoms with Gasteiger partial charge in [0.15, 0.2) is 0 Å². The summed E-state index contributed by atoms with van der Waals surface area (Å²) in [6, 6.07) is 6.24. The van der Waals surface area contributed by atoms with E-state index in [2.05, 4.69) is 45.9 Å². The summed E-state index contributed by atoms with van der Waals surface area (Å²) in [5.41, 5.74) is 1.10. The Kier molecular flexibility index (Phi) is 2.86. The molecule has 0 radical (unpaired) electrons.